The molecule has 0 saturated heterocycles. The van der Waals surface area contributed by atoms with Gasteiger partial charge in [0.15, 0.2) is 23.9 Å². The first-order chi connectivity index (χ1) is 17.9. The normalized spacial score (nSPS) is 11.6. The first kappa shape index (κ1) is 23.7. The molecule has 37 heavy (non-hydrogen) atoms. The first-order valence-corrected chi connectivity index (χ1v) is 11.3. The molecule has 4 heterocycles. The average molecular weight is 498 g/mol. The maximum atomic E-state index is 13.2. The zero-order valence-electron chi connectivity index (χ0n) is 20.3. The van der Waals surface area contributed by atoms with E-state index in [4.69, 9.17) is 13.7 Å². The number of aryl methyl sites for hydroxylation is 2. The molecule has 0 radical (unpaired) electrons. The molecule has 11 nitrogen and oxygen atoms in total. The summed E-state index contributed by atoms with van der Waals surface area (Å²) in [6.45, 7) is 4.95. The number of hydrogen-bond donors (Lipinski definition) is 0. The van der Waals surface area contributed by atoms with Gasteiger partial charge in [-0.1, -0.05) is 35.5 Å². The fraction of sp³-hybridized carbons (Fsp3) is 0.154. The maximum absolute atomic E-state index is 13.2. The third kappa shape index (κ3) is 4.74. The molecule has 5 aromatic rings. The van der Waals surface area contributed by atoms with E-state index in [1.807, 2.05) is 37.3 Å². The second-order valence-electron chi connectivity index (χ2n) is 8.24. The van der Waals surface area contributed by atoms with Crippen molar-refractivity contribution in [1.82, 2.24) is 29.9 Å². The number of carbonyl (C=O) groups excluding carboxylic acids is 2. The minimum atomic E-state index is -0.796. The van der Waals surface area contributed by atoms with Gasteiger partial charge in [0.25, 0.3) is 0 Å². The van der Waals surface area contributed by atoms with Crippen molar-refractivity contribution in [1.29, 1.82) is 0 Å². The molecular weight excluding hydrogens is 476 g/mol. The van der Waals surface area contributed by atoms with Gasteiger partial charge in [-0.05, 0) is 49.4 Å². The topological polar surface area (TPSA) is 131 Å². The van der Waals surface area contributed by atoms with Crippen molar-refractivity contribution >= 4 is 23.5 Å². The molecule has 0 aliphatic rings. The van der Waals surface area contributed by atoms with Crippen molar-refractivity contribution in [2.24, 2.45) is 0 Å². The van der Waals surface area contributed by atoms with Crippen LogP contribution in [0.4, 0.5) is 0 Å². The first-order valence-electron chi connectivity index (χ1n) is 11.3. The van der Waals surface area contributed by atoms with Crippen molar-refractivity contribution in [3.05, 3.63) is 89.3 Å². The predicted molar refractivity (Wildman–Crippen MR) is 131 cm³/mol. The molecule has 0 N–H and O–H groups in total. The molecule has 186 valence electrons. The second kappa shape index (κ2) is 9.90. The Balaban J connectivity index is 1.41. The molecule has 0 bridgehead atoms. The van der Waals surface area contributed by atoms with E-state index in [1.54, 1.807) is 42.7 Å². The lowest BCUT2D eigenvalue weighted by Crippen LogP contribution is -2.19. The minimum absolute atomic E-state index is 0.0184. The van der Waals surface area contributed by atoms with Crippen molar-refractivity contribution in [2.45, 2.75) is 20.8 Å². The number of tetrazole rings is 1. The number of hydrogen-bond acceptors (Lipinski definition) is 9. The van der Waals surface area contributed by atoms with Crippen LogP contribution in [0.3, 0.4) is 0 Å². The van der Waals surface area contributed by atoms with Crippen LogP contribution in [0.5, 0.6) is 0 Å². The molecule has 0 fully saturated rings. The molecule has 11 heteroatoms. The number of rotatable bonds is 8. The number of ether oxygens (including phenoxy) is 1. The summed E-state index contributed by atoms with van der Waals surface area (Å²) in [6.07, 6.45) is 2.93. The van der Waals surface area contributed by atoms with Gasteiger partial charge in [0.2, 0.25) is 5.78 Å². The molecule has 0 atom stereocenters. The van der Waals surface area contributed by atoms with Crippen LogP contribution >= 0.6 is 0 Å². The number of aromatic nitrogens is 6. The van der Waals surface area contributed by atoms with Gasteiger partial charge < -0.3 is 13.7 Å². The lowest BCUT2D eigenvalue weighted by atomic mass is 10.1. The van der Waals surface area contributed by atoms with E-state index in [-0.39, 0.29) is 11.5 Å². The van der Waals surface area contributed by atoms with Crippen LogP contribution in [0.25, 0.3) is 29.0 Å². The van der Waals surface area contributed by atoms with Gasteiger partial charge in [-0.15, -0.1) is 5.10 Å². The van der Waals surface area contributed by atoms with Crippen LogP contribution in [0.15, 0.2) is 69.8 Å². The van der Waals surface area contributed by atoms with E-state index in [0.717, 1.165) is 5.69 Å². The van der Waals surface area contributed by atoms with Crippen LogP contribution < -0.4 is 0 Å². The highest BCUT2D eigenvalue weighted by atomic mass is 16.5. The third-order valence-corrected chi connectivity index (χ3v) is 5.67. The minimum Gasteiger partial charge on any atom is -0.465 e. The Morgan fingerprint density at radius 2 is 1.86 bits per heavy atom. The third-order valence-electron chi connectivity index (χ3n) is 5.67. The van der Waals surface area contributed by atoms with Crippen LogP contribution in [-0.4, -0.2) is 48.3 Å². The highest BCUT2D eigenvalue weighted by molar-refractivity contribution is 6.16. The number of ketones is 1. The monoisotopic (exact) mass is 498 g/mol. The summed E-state index contributed by atoms with van der Waals surface area (Å²) in [5.74, 6) is 0.768. The van der Waals surface area contributed by atoms with Crippen molar-refractivity contribution in [3.63, 3.8) is 0 Å². The molecular formula is C26H22N6O5. The standard InChI is InChI=1S/C26H22N6O5/c1-16-12-21(18(3)31(16)24-13-17(2)37-28-24)23(33)15-36-26(34)22(14-20-10-7-11-35-20)32-25(27-29-30-32)19-8-5-4-6-9-19/h4-14H,15H2,1-3H3. The van der Waals surface area contributed by atoms with E-state index in [1.165, 1.54) is 17.0 Å². The summed E-state index contributed by atoms with van der Waals surface area (Å²) < 4.78 is 19.0. The Hall–Kier alpha value is -5.06. The van der Waals surface area contributed by atoms with Crippen LogP contribution in [0.1, 0.15) is 33.3 Å². The second-order valence-corrected chi connectivity index (χ2v) is 8.24. The molecule has 0 unspecified atom stereocenters. The summed E-state index contributed by atoms with van der Waals surface area (Å²) in [7, 11) is 0. The number of nitrogens with zero attached hydrogens (tertiary/aromatic N) is 6. The quantitative estimate of drug-likeness (QED) is 0.176. The number of benzene rings is 1. The molecule has 4 aromatic heterocycles. The van der Waals surface area contributed by atoms with Crippen molar-refractivity contribution < 1.29 is 23.3 Å². The van der Waals surface area contributed by atoms with Gasteiger partial charge in [-0.25, -0.2) is 4.79 Å². The Kier molecular flexibility index (Phi) is 6.33. The Morgan fingerprint density at radius 3 is 2.57 bits per heavy atom. The van der Waals surface area contributed by atoms with Gasteiger partial charge in [0, 0.05) is 34.7 Å². The van der Waals surface area contributed by atoms with Gasteiger partial charge >= 0.3 is 5.97 Å². The van der Waals surface area contributed by atoms with Crippen molar-refractivity contribution in [2.75, 3.05) is 6.61 Å². The summed E-state index contributed by atoms with van der Waals surface area (Å²) in [5, 5.41) is 15.8. The van der Waals surface area contributed by atoms with Gasteiger partial charge in [0.05, 0.1) is 6.26 Å². The van der Waals surface area contributed by atoms with Gasteiger partial charge in [0.1, 0.15) is 11.5 Å². The van der Waals surface area contributed by atoms with E-state index >= 15 is 0 Å². The molecule has 5 rings (SSSR count). The van der Waals surface area contributed by atoms with E-state index in [0.29, 0.717) is 40.0 Å². The van der Waals surface area contributed by atoms with Gasteiger partial charge in [-0.3, -0.25) is 9.36 Å². The zero-order chi connectivity index (χ0) is 25.9. The SMILES string of the molecule is Cc1cc(-n2c(C)cc(C(=O)COC(=O)C(=Cc3ccco3)n3nnnc3-c3ccccc3)c2C)no1. The van der Waals surface area contributed by atoms with E-state index in [9.17, 15) is 9.59 Å². The largest absolute Gasteiger partial charge is 0.465 e. The van der Waals surface area contributed by atoms with Crippen LogP contribution in [0.2, 0.25) is 0 Å². The van der Waals surface area contributed by atoms with Crippen molar-refractivity contribution in [3.8, 4) is 17.2 Å². The molecule has 1 aromatic carbocycles. The fourth-order valence-corrected chi connectivity index (χ4v) is 3.97. The van der Waals surface area contributed by atoms with E-state index in [2.05, 4.69) is 20.7 Å². The maximum Gasteiger partial charge on any atom is 0.357 e. The van der Waals surface area contributed by atoms with Crippen LogP contribution in [-0.2, 0) is 9.53 Å². The molecule has 0 amide bonds. The smallest absolute Gasteiger partial charge is 0.357 e. The fourth-order valence-electron chi connectivity index (χ4n) is 3.97. The average Bonchev–Trinajstić information content (AvgIpc) is 3.70. The highest BCUT2D eigenvalue weighted by Crippen LogP contribution is 2.23. The lowest BCUT2D eigenvalue weighted by Gasteiger charge is -2.10. The molecule has 0 aliphatic carbocycles. The Labute approximate surface area is 210 Å². The predicted octanol–water partition coefficient (Wildman–Crippen LogP) is 4.06. The number of furan rings is 1. The Bertz CT molecular complexity index is 1590. The molecule has 0 spiro atoms. The Morgan fingerprint density at radius 1 is 1.05 bits per heavy atom. The van der Waals surface area contributed by atoms with Crippen LogP contribution in [0, 0.1) is 20.8 Å². The summed E-state index contributed by atoms with van der Waals surface area (Å²) in [4.78, 5) is 26.3. The number of Topliss-reactive ketones (excluding diaryl/α,β-unsaturated/α-hetero) is 1. The number of esters is 1. The number of carbonyl (C=O) groups is 2. The summed E-state index contributed by atoms with van der Waals surface area (Å²) >= 11 is 0. The lowest BCUT2D eigenvalue weighted by molar-refractivity contribution is -0.136. The summed E-state index contributed by atoms with van der Waals surface area (Å²) in [5.41, 5.74) is 2.53. The molecule has 0 aliphatic heterocycles. The molecule has 0 saturated carbocycles. The van der Waals surface area contributed by atoms with E-state index < -0.39 is 12.6 Å². The van der Waals surface area contributed by atoms with Gasteiger partial charge in [-0.2, -0.15) is 4.68 Å². The summed E-state index contributed by atoms with van der Waals surface area (Å²) in [6, 6.07) is 16.0. The highest BCUT2D eigenvalue weighted by Gasteiger charge is 2.24. The zero-order valence-corrected chi connectivity index (χ0v) is 20.3.